The van der Waals surface area contributed by atoms with Gasteiger partial charge in [-0.1, -0.05) is 0 Å². The van der Waals surface area contributed by atoms with E-state index in [1.165, 1.54) is 6.39 Å². The van der Waals surface area contributed by atoms with Crippen molar-refractivity contribution in [3.63, 3.8) is 0 Å². The highest BCUT2D eigenvalue weighted by Crippen LogP contribution is 2.17. The van der Waals surface area contributed by atoms with Gasteiger partial charge in [-0.15, -0.1) is 0 Å². The molecule has 0 aliphatic carbocycles. The van der Waals surface area contributed by atoms with Gasteiger partial charge < -0.3 is 10.2 Å². The van der Waals surface area contributed by atoms with Crippen molar-refractivity contribution >= 4 is 22.7 Å². The standard InChI is InChI=1S/C7H5N5O/c8-6-5-7(13-3-9-5)12-4(11-6)1-2-10-12/h1-3H,(H2,8,11). The Morgan fingerprint density at radius 1 is 1.46 bits per heavy atom. The molecule has 13 heavy (non-hydrogen) atoms. The number of nitrogen functional groups attached to an aromatic ring is 1. The van der Waals surface area contributed by atoms with E-state index in [1.54, 1.807) is 16.8 Å². The second-order valence-electron chi connectivity index (χ2n) is 2.60. The van der Waals surface area contributed by atoms with Crippen LogP contribution >= 0.6 is 0 Å². The molecule has 0 aliphatic rings. The molecule has 0 unspecified atom stereocenters. The van der Waals surface area contributed by atoms with Crippen LogP contribution in [0.1, 0.15) is 0 Å². The first-order valence-electron chi connectivity index (χ1n) is 3.68. The van der Waals surface area contributed by atoms with Crippen LogP contribution < -0.4 is 5.73 Å². The molecular formula is C7H5N5O. The van der Waals surface area contributed by atoms with E-state index < -0.39 is 0 Å². The fraction of sp³-hybridized carbons (Fsp3) is 0. The predicted octanol–water partition coefficient (Wildman–Crippen LogP) is 0.453. The van der Waals surface area contributed by atoms with Crippen molar-refractivity contribution in [3.05, 3.63) is 18.7 Å². The molecule has 0 atom stereocenters. The van der Waals surface area contributed by atoms with Crippen molar-refractivity contribution in [2.24, 2.45) is 0 Å². The van der Waals surface area contributed by atoms with Crippen LogP contribution in [0.2, 0.25) is 0 Å². The Balaban J connectivity index is 2.70. The summed E-state index contributed by atoms with van der Waals surface area (Å²) in [5.74, 6) is 0.358. The largest absolute Gasteiger partial charge is 0.425 e. The van der Waals surface area contributed by atoms with Gasteiger partial charge in [0.05, 0.1) is 6.20 Å². The maximum Gasteiger partial charge on any atom is 0.253 e. The van der Waals surface area contributed by atoms with Crippen molar-refractivity contribution in [1.82, 2.24) is 19.6 Å². The average molecular weight is 175 g/mol. The zero-order valence-electron chi connectivity index (χ0n) is 6.51. The molecule has 0 saturated heterocycles. The molecule has 64 valence electrons. The van der Waals surface area contributed by atoms with Gasteiger partial charge >= 0.3 is 0 Å². The molecular weight excluding hydrogens is 170 g/mol. The zero-order chi connectivity index (χ0) is 8.84. The molecule has 6 nitrogen and oxygen atoms in total. The van der Waals surface area contributed by atoms with Crippen molar-refractivity contribution in [2.75, 3.05) is 5.73 Å². The number of nitrogens with zero attached hydrogens (tertiary/aromatic N) is 4. The molecule has 0 saturated carbocycles. The fourth-order valence-corrected chi connectivity index (χ4v) is 1.28. The van der Waals surface area contributed by atoms with Crippen LogP contribution in [0.25, 0.3) is 16.9 Å². The summed E-state index contributed by atoms with van der Waals surface area (Å²) in [6, 6.07) is 1.75. The van der Waals surface area contributed by atoms with Crippen molar-refractivity contribution in [1.29, 1.82) is 0 Å². The molecule has 6 heteroatoms. The van der Waals surface area contributed by atoms with Crippen molar-refractivity contribution < 1.29 is 4.42 Å². The highest BCUT2D eigenvalue weighted by Gasteiger charge is 2.09. The highest BCUT2D eigenvalue weighted by molar-refractivity contribution is 5.82. The van der Waals surface area contributed by atoms with Gasteiger partial charge in [0.25, 0.3) is 5.71 Å². The lowest BCUT2D eigenvalue weighted by molar-refractivity contribution is 0.578. The molecule has 2 N–H and O–H groups in total. The van der Waals surface area contributed by atoms with Crippen LogP contribution in [0.15, 0.2) is 23.1 Å². The SMILES string of the molecule is Nc1nc2ccnn2c2ocnc12. The molecule has 0 fully saturated rings. The molecule has 0 aromatic carbocycles. The minimum Gasteiger partial charge on any atom is -0.425 e. The van der Waals surface area contributed by atoms with Crippen molar-refractivity contribution in [2.45, 2.75) is 0 Å². The normalized spacial score (nSPS) is 11.4. The number of rotatable bonds is 0. The van der Waals surface area contributed by atoms with E-state index in [4.69, 9.17) is 10.2 Å². The number of fused-ring (bicyclic) bond motifs is 3. The Morgan fingerprint density at radius 3 is 3.31 bits per heavy atom. The molecule has 0 radical (unpaired) electrons. The van der Waals surface area contributed by atoms with Crippen LogP contribution in [0.4, 0.5) is 5.82 Å². The summed E-state index contributed by atoms with van der Waals surface area (Å²) in [4.78, 5) is 8.02. The Bertz CT molecular complexity index is 581. The molecule has 3 aromatic heterocycles. The number of nitrogens with two attached hydrogens (primary N) is 1. The van der Waals surface area contributed by atoms with Crippen LogP contribution in [-0.2, 0) is 0 Å². The topological polar surface area (TPSA) is 82.2 Å². The smallest absolute Gasteiger partial charge is 0.253 e. The quantitative estimate of drug-likeness (QED) is 0.536. The number of oxazole rings is 1. The summed E-state index contributed by atoms with van der Waals surface area (Å²) in [7, 11) is 0. The Labute approximate surface area is 72.0 Å². The summed E-state index contributed by atoms with van der Waals surface area (Å²) < 4.78 is 6.69. The van der Waals surface area contributed by atoms with E-state index in [1.807, 2.05) is 0 Å². The maximum atomic E-state index is 5.65. The first-order chi connectivity index (χ1) is 6.36. The molecule has 0 amide bonds. The molecule has 3 aromatic rings. The van der Waals surface area contributed by atoms with Gasteiger partial charge in [0.2, 0.25) is 0 Å². The second kappa shape index (κ2) is 1.98. The Kier molecular flexibility index (Phi) is 0.974. The van der Waals surface area contributed by atoms with Gasteiger partial charge in [0.1, 0.15) is 0 Å². The van der Waals surface area contributed by atoms with Crippen LogP contribution in [-0.4, -0.2) is 19.6 Å². The Hall–Kier alpha value is -2.11. The van der Waals surface area contributed by atoms with Gasteiger partial charge in [0.15, 0.2) is 23.4 Å². The Morgan fingerprint density at radius 2 is 2.38 bits per heavy atom. The van der Waals surface area contributed by atoms with Crippen LogP contribution in [0.5, 0.6) is 0 Å². The van der Waals surface area contributed by atoms with E-state index in [-0.39, 0.29) is 0 Å². The van der Waals surface area contributed by atoms with Gasteiger partial charge in [-0.05, 0) is 0 Å². The summed E-state index contributed by atoms with van der Waals surface area (Å²) in [5.41, 5.74) is 7.36. The van der Waals surface area contributed by atoms with Crippen LogP contribution in [0, 0.1) is 0 Å². The molecule has 3 rings (SSSR count). The molecule has 3 heterocycles. The van der Waals surface area contributed by atoms with E-state index in [2.05, 4.69) is 15.1 Å². The molecule has 0 bridgehead atoms. The third-order valence-corrected chi connectivity index (χ3v) is 1.84. The van der Waals surface area contributed by atoms with Gasteiger partial charge in [0, 0.05) is 6.07 Å². The number of hydrogen-bond donors (Lipinski definition) is 1. The predicted molar refractivity (Wildman–Crippen MR) is 45.0 cm³/mol. The van der Waals surface area contributed by atoms with E-state index in [9.17, 15) is 0 Å². The zero-order valence-corrected chi connectivity index (χ0v) is 6.51. The van der Waals surface area contributed by atoms with E-state index in [0.717, 1.165) is 0 Å². The number of anilines is 1. The first kappa shape index (κ1) is 6.41. The van der Waals surface area contributed by atoms with E-state index >= 15 is 0 Å². The minimum absolute atomic E-state index is 0.358. The third-order valence-electron chi connectivity index (χ3n) is 1.84. The van der Waals surface area contributed by atoms with Crippen molar-refractivity contribution in [3.8, 4) is 0 Å². The van der Waals surface area contributed by atoms with Gasteiger partial charge in [-0.3, -0.25) is 0 Å². The average Bonchev–Trinajstić information content (AvgIpc) is 2.66. The summed E-state index contributed by atoms with van der Waals surface area (Å²) in [6.07, 6.45) is 2.95. The third kappa shape index (κ3) is 0.689. The lowest BCUT2D eigenvalue weighted by Gasteiger charge is -1.95. The first-order valence-corrected chi connectivity index (χ1v) is 3.68. The van der Waals surface area contributed by atoms with Gasteiger partial charge in [-0.2, -0.15) is 9.61 Å². The van der Waals surface area contributed by atoms with Crippen LogP contribution in [0.3, 0.4) is 0 Å². The number of aromatic nitrogens is 4. The monoisotopic (exact) mass is 175 g/mol. The second-order valence-corrected chi connectivity index (χ2v) is 2.60. The lowest BCUT2D eigenvalue weighted by Crippen LogP contribution is -1.97. The summed E-state index contributed by atoms with van der Waals surface area (Å²) in [5, 5.41) is 4.03. The molecule has 0 spiro atoms. The number of hydrogen-bond acceptors (Lipinski definition) is 5. The summed E-state index contributed by atoms with van der Waals surface area (Å²) >= 11 is 0. The maximum absolute atomic E-state index is 5.65. The minimum atomic E-state index is 0.358. The highest BCUT2D eigenvalue weighted by atomic mass is 16.3. The van der Waals surface area contributed by atoms with Gasteiger partial charge in [-0.25, -0.2) is 9.97 Å². The summed E-state index contributed by atoms with van der Waals surface area (Å²) in [6.45, 7) is 0. The molecule has 0 aliphatic heterocycles. The lowest BCUT2D eigenvalue weighted by atomic mass is 10.5. The fourth-order valence-electron chi connectivity index (χ4n) is 1.28. The van der Waals surface area contributed by atoms with E-state index in [0.29, 0.717) is 22.7 Å².